The molecule has 5 heteroatoms. The number of ether oxygens (including phenoxy) is 1. The molecule has 0 aromatic rings. The molecular formula is C14H23NO4. The molecular weight excluding hydrogens is 246 g/mol. The molecule has 1 aliphatic heterocycles. The summed E-state index contributed by atoms with van der Waals surface area (Å²) < 4.78 is 5.36. The van der Waals surface area contributed by atoms with Crippen molar-refractivity contribution in [1.29, 1.82) is 0 Å². The van der Waals surface area contributed by atoms with Gasteiger partial charge in [-0.1, -0.05) is 6.42 Å². The molecule has 3 atom stereocenters. The second-order valence-corrected chi connectivity index (χ2v) is 6.68. The van der Waals surface area contributed by atoms with Crippen molar-refractivity contribution < 1.29 is 19.4 Å². The Hall–Kier alpha value is -1.26. The third-order valence-electron chi connectivity index (χ3n) is 4.07. The minimum atomic E-state index is -0.722. The standard InChI is InChI=1S/C14H23NO4/c1-14(2,3)19-13(18)15-7-9-5-4-6-10(12(16)17)11(9)8-15/h9-11H,4-8H2,1-3H3,(H,16,17). The van der Waals surface area contributed by atoms with Crippen molar-refractivity contribution in [3.05, 3.63) is 0 Å². The molecule has 1 aliphatic carbocycles. The molecule has 0 spiro atoms. The predicted octanol–water partition coefficient (Wildman–Crippen LogP) is 2.35. The fourth-order valence-electron chi connectivity index (χ4n) is 3.25. The molecule has 2 fully saturated rings. The van der Waals surface area contributed by atoms with Crippen LogP contribution in [0.3, 0.4) is 0 Å². The molecule has 3 unspecified atom stereocenters. The molecule has 5 nitrogen and oxygen atoms in total. The highest BCUT2D eigenvalue weighted by atomic mass is 16.6. The van der Waals surface area contributed by atoms with Crippen LogP contribution in [0.5, 0.6) is 0 Å². The van der Waals surface area contributed by atoms with E-state index in [0.29, 0.717) is 19.0 Å². The SMILES string of the molecule is CC(C)(C)OC(=O)N1CC2CCCC(C(=O)O)C2C1. The van der Waals surface area contributed by atoms with E-state index >= 15 is 0 Å². The van der Waals surface area contributed by atoms with Crippen LogP contribution in [0, 0.1) is 17.8 Å². The number of carbonyl (C=O) groups excluding carboxylic acids is 1. The zero-order valence-corrected chi connectivity index (χ0v) is 11.9. The Labute approximate surface area is 113 Å². The Kier molecular flexibility index (Phi) is 3.74. The first-order valence-electron chi connectivity index (χ1n) is 6.98. The number of fused-ring (bicyclic) bond motifs is 1. The first-order valence-corrected chi connectivity index (χ1v) is 6.98. The van der Waals surface area contributed by atoms with Gasteiger partial charge in [-0.2, -0.15) is 0 Å². The summed E-state index contributed by atoms with van der Waals surface area (Å²) in [4.78, 5) is 25.0. The smallest absolute Gasteiger partial charge is 0.410 e. The summed E-state index contributed by atoms with van der Waals surface area (Å²) in [6.07, 6.45) is 2.39. The third kappa shape index (κ3) is 3.19. The monoisotopic (exact) mass is 269 g/mol. The van der Waals surface area contributed by atoms with Crippen LogP contribution >= 0.6 is 0 Å². The van der Waals surface area contributed by atoms with E-state index in [1.807, 2.05) is 20.8 Å². The zero-order chi connectivity index (χ0) is 14.2. The van der Waals surface area contributed by atoms with Crippen LogP contribution in [0.15, 0.2) is 0 Å². The van der Waals surface area contributed by atoms with Gasteiger partial charge in [0.1, 0.15) is 5.60 Å². The van der Waals surface area contributed by atoms with Crippen LogP contribution in [0.25, 0.3) is 0 Å². The maximum Gasteiger partial charge on any atom is 0.410 e. The lowest BCUT2D eigenvalue weighted by atomic mass is 9.74. The van der Waals surface area contributed by atoms with Crippen LogP contribution < -0.4 is 0 Å². The van der Waals surface area contributed by atoms with Crippen molar-refractivity contribution >= 4 is 12.1 Å². The Morgan fingerprint density at radius 3 is 2.47 bits per heavy atom. The number of aliphatic carboxylic acids is 1. The highest BCUT2D eigenvalue weighted by molar-refractivity contribution is 5.72. The van der Waals surface area contributed by atoms with E-state index in [-0.39, 0.29) is 17.9 Å². The van der Waals surface area contributed by atoms with Gasteiger partial charge in [0, 0.05) is 13.1 Å². The Balaban J connectivity index is 2.01. The van der Waals surface area contributed by atoms with E-state index in [4.69, 9.17) is 4.74 Å². The average molecular weight is 269 g/mol. The van der Waals surface area contributed by atoms with Crippen LogP contribution in [0.1, 0.15) is 40.0 Å². The second kappa shape index (κ2) is 5.02. The minimum Gasteiger partial charge on any atom is -0.481 e. The molecule has 1 saturated heterocycles. The summed E-state index contributed by atoms with van der Waals surface area (Å²) in [5.41, 5.74) is -0.503. The van der Waals surface area contributed by atoms with Gasteiger partial charge in [0.05, 0.1) is 5.92 Å². The number of carboxylic acids is 1. The highest BCUT2D eigenvalue weighted by Gasteiger charge is 2.45. The summed E-state index contributed by atoms with van der Waals surface area (Å²) in [7, 11) is 0. The minimum absolute atomic E-state index is 0.0961. The average Bonchev–Trinajstić information content (AvgIpc) is 2.69. The fraction of sp³-hybridized carbons (Fsp3) is 0.857. The lowest BCUT2D eigenvalue weighted by molar-refractivity contribution is -0.145. The van der Waals surface area contributed by atoms with Crippen molar-refractivity contribution in [3.8, 4) is 0 Å². The number of carboxylic acid groups (broad SMARTS) is 1. The molecule has 0 bridgehead atoms. The lowest BCUT2D eigenvalue weighted by Gasteiger charge is -2.29. The number of hydrogen-bond donors (Lipinski definition) is 1. The first-order chi connectivity index (χ1) is 8.78. The quantitative estimate of drug-likeness (QED) is 0.793. The highest BCUT2D eigenvalue weighted by Crippen LogP contribution is 2.40. The van der Waals surface area contributed by atoms with Gasteiger partial charge >= 0.3 is 12.1 Å². The predicted molar refractivity (Wildman–Crippen MR) is 69.8 cm³/mol. The Morgan fingerprint density at radius 2 is 1.89 bits per heavy atom. The third-order valence-corrected chi connectivity index (χ3v) is 4.07. The maximum atomic E-state index is 12.0. The van der Waals surface area contributed by atoms with Crippen molar-refractivity contribution in [3.63, 3.8) is 0 Å². The maximum absolute atomic E-state index is 12.0. The Morgan fingerprint density at radius 1 is 1.21 bits per heavy atom. The van der Waals surface area contributed by atoms with Crippen LogP contribution in [0.4, 0.5) is 4.79 Å². The number of hydrogen-bond acceptors (Lipinski definition) is 3. The summed E-state index contributed by atoms with van der Waals surface area (Å²) in [6, 6.07) is 0. The molecule has 1 amide bonds. The van der Waals surface area contributed by atoms with Gasteiger partial charge in [-0.3, -0.25) is 4.79 Å². The summed E-state index contributed by atoms with van der Waals surface area (Å²) >= 11 is 0. The van der Waals surface area contributed by atoms with E-state index < -0.39 is 11.6 Å². The normalized spacial score (nSPS) is 30.9. The van der Waals surface area contributed by atoms with Crippen molar-refractivity contribution in [2.24, 2.45) is 17.8 Å². The van der Waals surface area contributed by atoms with Gasteiger partial charge in [-0.15, -0.1) is 0 Å². The molecule has 1 saturated carbocycles. The van der Waals surface area contributed by atoms with E-state index in [9.17, 15) is 14.7 Å². The topological polar surface area (TPSA) is 66.8 Å². The number of nitrogens with zero attached hydrogens (tertiary/aromatic N) is 1. The van der Waals surface area contributed by atoms with Gasteiger partial charge in [0.25, 0.3) is 0 Å². The number of rotatable bonds is 1. The fourth-order valence-corrected chi connectivity index (χ4v) is 3.25. The van der Waals surface area contributed by atoms with Crippen LogP contribution in [-0.2, 0) is 9.53 Å². The van der Waals surface area contributed by atoms with Gasteiger partial charge in [-0.05, 0) is 45.4 Å². The largest absolute Gasteiger partial charge is 0.481 e. The van der Waals surface area contributed by atoms with Gasteiger partial charge in [-0.25, -0.2) is 4.79 Å². The number of likely N-dealkylation sites (tertiary alicyclic amines) is 1. The molecule has 19 heavy (non-hydrogen) atoms. The van der Waals surface area contributed by atoms with Gasteiger partial charge in [0.2, 0.25) is 0 Å². The molecule has 108 valence electrons. The molecule has 1 heterocycles. The summed E-state index contributed by atoms with van der Waals surface area (Å²) in [5.74, 6) is -0.604. The molecule has 0 aromatic heterocycles. The molecule has 2 rings (SSSR count). The second-order valence-electron chi connectivity index (χ2n) is 6.68. The van der Waals surface area contributed by atoms with E-state index in [1.54, 1.807) is 4.90 Å². The van der Waals surface area contributed by atoms with Crippen LogP contribution in [-0.4, -0.2) is 40.8 Å². The number of amides is 1. The lowest BCUT2D eigenvalue weighted by Crippen LogP contribution is -2.36. The molecule has 0 aromatic carbocycles. The van der Waals surface area contributed by atoms with E-state index in [2.05, 4.69) is 0 Å². The molecule has 1 N–H and O–H groups in total. The van der Waals surface area contributed by atoms with Gasteiger partial charge < -0.3 is 14.7 Å². The zero-order valence-electron chi connectivity index (χ0n) is 11.9. The van der Waals surface area contributed by atoms with Crippen molar-refractivity contribution in [1.82, 2.24) is 4.90 Å². The molecule has 0 radical (unpaired) electrons. The van der Waals surface area contributed by atoms with E-state index in [1.165, 1.54) is 0 Å². The van der Waals surface area contributed by atoms with E-state index in [0.717, 1.165) is 19.3 Å². The summed E-state index contributed by atoms with van der Waals surface area (Å²) in [5, 5.41) is 9.26. The number of carbonyl (C=O) groups is 2. The Bertz CT molecular complexity index is 374. The van der Waals surface area contributed by atoms with Crippen LogP contribution in [0.2, 0.25) is 0 Å². The van der Waals surface area contributed by atoms with Crippen molar-refractivity contribution in [2.75, 3.05) is 13.1 Å². The first kappa shape index (κ1) is 14.2. The molecule has 2 aliphatic rings. The summed E-state index contributed by atoms with van der Waals surface area (Å²) in [6.45, 7) is 6.69. The van der Waals surface area contributed by atoms with Crippen molar-refractivity contribution in [2.45, 2.75) is 45.6 Å². The van der Waals surface area contributed by atoms with Gasteiger partial charge in [0.15, 0.2) is 0 Å².